The van der Waals surface area contributed by atoms with Gasteiger partial charge in [0.15, 0.2) is 24.8 Å². The molecule has 2 amide bonds. The van der Waals surface area contributed by atoms with Crippen LogP contribution in [0.5, 0.6) is 0 Å². The van der Waals surface area contributed by atoms with Crippen molar-refractivity contribution in [3.05, 3.63) is 0 Å². The van der Waals surface area contributed by atoms with E-state index >= 15 is 0 Å². The molecule has 24 nitrogen and oxygen atoms in total. The van der Waals surface area contributed by atoms with E-state index < -0.39 is 128 Å². The number of aliphatic hydroxyl groups excluding tert-OH is 3. The number of hydrogen-bond acceptors (Lipinski definition) is 22. The fourth-order valence-corrected chi connectivity index (χ4v) is 8.74. The van der Waals surface area contributed by atoms with Crippen LogP contribution >= 0.6 is 0 Å². The fraction of sp³-hybridized carbons (Fsp3) is 0.953. The summed E-state index contributed by atoms with van der Waals surface area (Å²) in [5.74, 6) is -1.89. The number of carbonyl (C=O) groups excluding carboxylic acids is 2. The van der Waals surface area contributed by atoms with Gasteiger partial charge < -0.3 is 106 Å². The molecule has 0 aliphatic carbocycles. The second-order valence-corrected chi connectivity index (χ2v) is 15.8. The normalized spacial score (nSPS) is 29.3. The van der Waals surface area contributed by atoms with E-state index in [9.17, 15) is 24.9 Å². The SMILES string of the molecule is COCC(CO)[C@H](O[C@H]1OC(CCO)[C@@H](OC)C(OC)C1OC)C(OC)[C@@H](OC)C(=O)NCCCNC(=O)[C@@H](OC)[C@H](OC)C(OC1O[C@@H](COC)[C@H](OC)C(OC)C1OC)C(CCO)OC. The van der Waals surface area contributed by atoms with Gasteiger partial charge in [-0.05, 0) is 19.3 Å². The third-order valence-electron chi connectivity index (χ3n) is 12.1. The third kappa shape index (κ3) is 16.6. The van der Waals surface area contributed by atoms with Crippen LogP contribution in [0.1, 0.15) is 19.3 Å². The van der Waals surface area contributed by atoms with Gasteiger partial charge in [-0.2, -0.15) is 0 Å². The molecule has 10 unspecified atom stereocenters. The van der Waals surface area contributed by atoms with Crippen LogP contribution in [0.15, 0.2) is 0 Å². The van der Waals surface area contributed by atoms with Crippen molar-refractivity contribution in [2.75, 3.05) is 139 Å². The molecule has 24 heteroatoms. The van der Waals surface area contributed by atoms with Crippen LogP contribution in [0.25, 0.3) is 0 Å². The van der Waals surface area contributed by atoms with Gasteiger partial charge in [-0.25, -0.2) is 0 Å². The predicted octanol–water partition coefficient (Wildman–Crippen LogP) is -2.34. The van der Waals surface area contributed by atoms with Crippen LogP contribution in [-0.4, -0.2) is 270 Å². The van der Waals surface area contributed by atoms with E-state index in [1.54, 1.807) is 0 Å². The number of hydrogen-bond donors (Lipinski definition) is 5. The summed E-state index contributed by atoms with van der Waals surface area (Å²) < 4.78 is 99.9. The molecule has 2 aliphatic heterocycles. The van der Waals surface area contributed by atoms with Crippen molar-refractivity contribution in [2.45, 2.75) is 123 Å². The number of ether oxygens (including phenoxy) is 17. The van der Waals surface area contributed by atoms with Crippen molar-refractivity contribution in [3.63, 3.8) is 0 Å². The van der Waals surface area contributed by atoms with Crippen molar-refractivity contribution in [3.8, 4) is 0 Å². The van der Waals surface area contributed by atoms with Crippen molar-refractivity contribution < 1.29 is 105 Å². The Kier molecular flexibility index (Phi) is 30.8. The van der Waals surface area contributed by atoms with Crippen LogP contribution in [0.4, 0.5) is 0 Å². The van der Waals surface area contributed by atoms with Crippen LogP contribution in [0.2, 0.25) is 0 Å². The van der Waals surface area contributed by atoms with Gasteiger partial charge in [-0.1, -0.05) is 0 Å². The molecular weight excluding hydrogens is 896 g/mol. The summed E-state index contributed by atoms with van der Waals surface area (Å²) in [7, 11) is 18.8. The zero-order valence-electron chi connectivity index (χ0n) is 41.6. The zero-order valence-corrected chi connectivity index (χ0v) is 41.6. The molecule has 0 radical (unpaired) electrons. The predicted molar refractivity (Wildman–Crippen MR) is 234 cm³/mol. The van der Waals surface area contributed by atoms with Gasteiger partial charge in [-0.3, -0.25) is 9.59 Å². The monoisotopic (exact) mass is 979 g/mol. The lowest BCUT2D eigenvalue weighted by atomic mass is 9.93. The van der Waals surface area contributed by atoms with E-state index in [2.05, 4.69) is 10.6 Å². The second kappa shape index (κ2) is 33.7. The first-order chi connectivity index (χ1) is 32.4. The highest BCUT2D eigenvalue weighted by Gasteiger charge is 2.52. The molecule has 2 aliphatic rings. The van der Waals surface area contributed by atoms with Crippen molar-refractivity contribution in [2.24, 2.45) is 5.92 Å². The number of carbonyl (C=O) groups is 2. The molecular formula is C43H82N2O22. The molecule has 0 spiro atoms. The highest BCUT2D eigenvalue weighted by atomic mass is 16.7. The first kappa shape index (κ1) is 61.3. The average molecular weight is 979 g/mol. The molecule has 67 heavy (non-hydrogen) atoms. The molecule has 18 atom stereocenters. The van der Waals surface area contributed by atoms with Gasteiger partial charge in [0.05, 0.1) is 38.1 Å². The summed E-state index contributed by atoms with van der Waals surface area (Å²) in [5, 5.41) is 36.0. The maximum absolute atomic E-state index is 13.8. The highest BCUT2D eigenvalue weighted by molar-refractivity contribution is 5.82. The molecule has 2 fully saturated rings. The maximum atomic E-state index is 13.8. The molecule has 0 aromatic carbocycles. The van der Waals surface area contributed by atoms with E-state index in [0.29, 0.717) is 0 Å². The van der Waals surface area contributed by atoms with Crippen molar-refractivity contribution >= 4 is 11.8 Å². The van der Waals surface area contributed by atoms with E-state index in [4.69, 9.17) is 80.5 Å². The van der Waals surface area contributed by atoms with Gasteiger partial charge in [-0.15, -0.1) is 0 Å². The minimum Gasteiger partial charge on any atom is -0.396 e. The van der Waals surface area contributed by atoms with Crippen molar-refractivity contribution in [1.82, 2.24) is 10.6 Å². The van der Waals surface area contributed by atoms with Crippen LogP contribution < -0.4 is 10.6 Å². The topological polar surface area (TPSA) is 276 Å². The molecule has 2 rings (SSSR count). The number of methoxy groups -OCH3 is 13. The first-order valence-electron chi connectivity index (χ1n) is 22.2. The summed E-state index contributed by atoms with van der Waals surface area (Å²) in [6.07, 6.45) is -15.0. The van der Waals surface area contributed by atoms with E-state index in [-0.39, 0.29) is 58.8 Å². The molecule has 2 heterocycles. The molecule has 396 valence electrons. The largest absolute Gasteiger partial charge is 0.396 e. The number of aliphatic hydroxyl groups is 3. The molecule has 0 saturated carbocycles. The van der Waals surface area contributed by atoms with E-state index in [1.807, 2.05) is 0 Å². The summed E-state index contributed by atoms with van der Waals surface area (Å²) in [5.41, 5.74) is 0. The molecule has 0 bridgehead atoms. The minimum absolute atomic E-state index is 0.00439. The first-order valence-corrected chi connectivity index (χ1v) is 22.2. The summed E-state index contributed by atoms with van der Waals surface area (Å²) in [6.45, 7) is -0.608. The fourth-order valence-electron chi connectivity index (χ4n) is 8.74. The van der Waals surface area contributed by atoms with Crippen LogP contribution in [0.3, 0.4) is 0 Å². The van der Waals surface area contributed by atoms with Crippen molar-refractivity contribution in [1.29, 1.82) is 0 Å². The highest BCUT2D eigenvalue weighted by Crippen LogP contribution is 2.34. The van der Waals surface area contributed by atoms with Gasteiger partial charge in [0.25, 0.3) is 11.8 Å². The summed E-state index contributed by atoms with van der Waals surface area (Å²) >= 11 is 0. The number of amides is 2. The van der Waals surface area contributed by atoms with Gasteiger partial charge in [0.1, 0.15) is 61.0 Å². The summed E-state index contributed by atoms with van der Waals surface area (Å²) in [4.78, 5) is 27.7. The standard InChI is InChI=1S/C43H82N2O22/c1-51-22-24(21-48)28(66-42-38(62-12)33(57-7)29(54-4)26(64-42)16-20-47)32(56-6)36(60-10)40(49)44-17-14-18-45-41(50)37(61-11)35(59-9)31(25(53-3)15-19-46)67-43-39(63-13)34(58-8)30(55-5)27(65-43)23-52-2/h24-39,42-43,46-48H,14-23H2,1-13H3,(H,44,49)(H,45,50)/t24?,25?,26?,27-,28-,29+,30-,31?,32?,33?,34?,35+,36+,37-,38?,39?,42+,43?/m0/s1. The Bertz CT molecular complexity index is 1220. The minimum atomic E-state index is -1.28. The molecule has 0 aromatic heterocycles. The van der Waals surface area contributed by atoms with Crippen LogP contribution in [-0.2, 0) is 90.1 Å². The average Bonchev–Trinajstić information content (AvgIpc) is 3.33. The number of nitrogens with one attached hydrogen (secondary N) is 2. The van der Waals surface area contributed by atoms with Gasteiger partial charge >= 0.3 is 0 Å². The molecule has 5 N–H and O–H groups in total. The molecule has 0 aromatic rings. The Morgan fingerprint density at radius 3 is 1.37 bits per heavy atom. The van der Waals surface area contributed by atoms with Gasteiger partial charge in [0, 0.05) is 125 Å². The van der Waals surface area contributed by atoms with E-state index in [1.165, 1.54) is 92.4 Å². The quantitative estimate of drug-likeness (QED) is 0.0412. The lowest BCUT2D eigenvalue weighted by Gasteiger charge is -2.47. The Morgan fingerprint density at radius 1 is 0.522 bits per heavy atom. The zero-order chi connectivity index (χ0) is 50.1. The lowest BCUT2D eigenvalue weighted by molar-refractivity contribution is -0.337. The number of rotatable bonds is 36. The molecule has 2 saturated heterocycles. The Labute approximate surface area is 395 Å². The van der Waals surface area contributed by atoms with E-state index in [0.717, 1.165) is 0 Å². The Morgan fingerprint density at radius 2 is 0.985 bits per heavy atom. The smallest absolute Gasteiger partial charge is 0.251 e. The Balaban J connectivity index is 2.26. The summed E-state index contributed by atoms with van der Waals surface area (Å²) in [6, 6.07) is 0. The Hall–Kier alpha value is -1.86. The third-order valence-corrected chi connectivity index (χ3v) is 12.1. The van der Waals surface area contributed by atoms with Crippen LogP contribution in [0, 0.1) is 5.92 Å². The second-order valence-electron chi connectivity index (χ2n) is 15.8. The maximum Gasteiger partial charge on any atom is 0.251 e. The van der Waals surface area contributed by atoms with Gasteiger partial charge in [0.2, 0.25) is 0 Å². The lowest BCUT2D eigenvalue weighted by Crippen LogP contribution is -2.63.